The lowest BCUT2D eigenvalue weighted by molar-refractivity contribution is 0.0147. The number of aryl methyl sites for hydroxylation is 1. The second kappa shape index (κ2) is 9.86. The van der Waals surface area contributed by atoms with Gasteiger partial charge in [-0.15, -0.1) is 0 Å². The van der Waals surface area contributed by atoms with Crippen LogP contribution in [0.2, 0.25) is 10.0 Å². The van der Waals surface area contributed by atoms with Crippen LogP contribution in [0.15, 0.2) is 46.1 Å². The fraction of sp³-hybridized carbons (Fsp3) is 0.429. The van der Waals surface area contributed by atoms with E-state index in [1.165, 1.54) is 5.69 Å². The number of benzene rings is 2. The fourth-order valence-corrected chi connectivity index (χ4v) is 6.66. The normalized spacial score (nSPS) is 23.6. The number of oxime groups is 1. The summed E-state index contributed by atoms with van der Waals surface area (Å²) in [5, 5.41) is 17.7. The van der Waals surface area contributed by atoms with Gasteiger partial charge in [0.05, 0.1) is 22.8 Å². The summed E-state index contributed by atoms with van der Waals surface area (Å²) >= 11 is 13.0. The molecule has 1 saturated carbocycles. The zero-order chi connectivity index (χ0) is 25.7. The number of amidine groups is 1. The molecule has 3 fully saturated rings. The summed E-state index contributed by atoms with van der Waals surface area (Å²) < 4.78 is 12.4. The first-order valence-corrected chi connectivity index (χ1v) is 13.6. The Hall–Kier alpha value is -2.74. The topological polar surface area (TPSA) is 97.1 Å². The number of hydrogen-bond donors (Lipinski definition) is 2. The minimum atomic E-state index is 0.135. The number of aromatic nitrogens is 1. The minimum absolute atomic E-state index is 0.135. The zero-order valence-electron chi connectivity index (χ0n) is 20.7. The Labute approximate surface area is 226 Å². The molecule has 0 spiro atoms. The van der Waals surface area contributed by atoms with Crippen molar-refractivity contribution in [1.82, 2.24) is 5.16 Å². The Balaban J connectivity index is 1.19. The molecule has 2 aromatic carbocycles. The molecule has 3 heterocycles. The molecule has 7 nitrogen and oxygen atoms in total. The van der Waals surface area contributed by atoms with E-state index in [4.69, 9.17) is 43.4 Å². The molecule has 3 atom stereocenters. The molecule has 2 aliphatic heterocycles. The van der Waals surface area contributed by atoms with Gasteiger partial charge in [-0.25, -0.2) is 0 Å². The van der Waals surface area contributed by atoms with Crippen LogP contribution in [0.5, 0.6) is 0 Å². The predicted molar refractivity (Wildman–Crippen MR) is 145 cm³/mol. The zero-order valence-corrected chi connectivity index (χ0v) is 22.2. The van der Waals surface area contributed by atoms with Crippen molar-refractivity contribution in [2.24, 2.45) is 10.9 Å². The molecule has 1 aromatic heterocycles. The van der Waals surface area contributed by atoms with Gasteiger partial charge in [0.2, 0.25) is 0 Å². The molecule has 3 aromatic rings. The van der Waals surface area contributed by atoms with Crippen molar-refractivity contribution in [3.05, 3.63) is 68.9 Å². The molecule has 0 radical (unpaired) electrons. The van der Waals surface area contributed by atoms with Gasteiger partial charge >= 0.3 is 0 Å². The summed E-state index contributed by atoms with van der Waals surface area (Å²) in [5.74, 6) is 1.44. The maximum atomic E-state index is 9.05. The van der Waals surface area contributed by atoms with Crippen molar-refractivity contribution in [1.29, 1.82) is 0 Å². The highest BCUT2D eigenvalue weighted by molar-refractivity contribution is 6.39. The molecule has 9 heteroatoms. The van der Waals surface area contributed by atoms with Crippen LogP contribution in [0.3, 0.4) is 0 Å². The predicted octanol–water partition coefficient (Wildman–Crippen LogP) is 6.65. The van der Waals surface area contributed by atoms with Crippen molar-refractivity contribution in [3.8, 4) is 11.3 Å². The molecule has 3 aliphatic rings. The molecular weight excluding hydrogens is 511 g/mol. The summed E-state index contributed by atoms with van der Waals surface area (Å²) in [7, 11) is 0. The lowest BCUT2D eigenvalue weighted by Crippen LogP contribution is -2.45. The van der Waals surface area contributed by atoms with Gasteiger partial charge in [0.25, 0.3) is 0 Å². The number of halogens is 2. The summed E-state index contributed by atoms with van der Waals surface area (Å²) in [6, 6.07) is 12.5. The molecule has 2 bridgehead atoms. The first kappa shape index (κ1) is 24.6. The van der Waals surface area contributed by atoms with Gasteiger partial charge in [-0.3, -0.25) is 0 Å². The van der Waals surface area contributed by atoms with E-state index < -0.39 is 0 Å². The van der Waals surface area contributed by atoms with Crippen molar-refractivity contribution in [2.45, 2.75) is 76.2 Å². The van der Waals surface area contributed by atoms with Crippen molar-refractivity contribution < 1.29 is 14.5 Å². The molecular formula is C28H30Cl2N4O3. The van der Waals surface area contributed by atoms with Crippen LogP contribution in [0.4, 0.5) is 5.69 Å². The number of nitrogens with zero attached hydrogens (tertiary/aromatic N) is 3. The lowest BCUT2D eigenvalue weighted by Gasteiger charge is -2.40. The van der Waals surface area contributed by atoms with Crippen LogP contribution in [0.1, 0.15) is 66.9 Å². The molecule has 194 valence electrons. The average Bonchev–Trinajstić information content (AvgIpc) is 3.59. The van der Waals surface area contributed by atoms with E-state index in [9.17, 15) is 0 Å². The first-order valence-electron chi connectivity index (χ1n) is 12.9. The van der Waals surface area contributed by atoms with Crippen LogP contribution < -0.4 is 10.6 Å². The van der Waals surface area contributed by atoms with E-state index in [0.717, 1.165) is 61.0 Å². The third kappa shape index (κ3) is 4.58. The fourth-order valence-electron chi connectivity index (χ4n) is 6.08. The number of fused-ring (bicyclic) bond motifs is 2. The van der Waals surface area contributed by atoms with Crippen molar-refractivity contribution >= 4 is 34.7 Å². The van der Waals surface area contributed by atoms with E-state index in [1.54, 1.807) is 0 Å². The smallest absolute Gasteiger partial charge is 0.170 e. The third-order valence-corrected chi connectivity index (χ3v) is 8.64. The number of rotatable bonds is 7. The van der Waals surface area contributed by atoms with Crippen LogP contribution in [0, 0.1) is 6.92 Å². The highest BCUT2D eigenvalue weighted by Gasteiger charge is 2.42. The standard InChI is InChI=1S/C28H30Cl2N4O3/c1-15-11-17(9-10-21(15)28(31)32-35)34-18-7-8-19(34)13-20(12-18)36-14-22-26(33-37-27(22)16-5-6-16)25-23(29)3-2-4-24(25)30/h2-4,9-11,16,18-20,35H,5-8,12-14H2,1H3,(H2,31,32)/t18-,19+,20?. The molecule has 3 N–H and O–H groups in total. The van der Waals surface area contributed by atoms with Crippen LogP contribution in [0.25, 0.3) is 11.3 Å². The molecule has 2 saturated heterocycles. The highest BCUT2D eigenvalue weighted by Crippen LogP contribution is 2.47. The third-order valence-electron chi connectivity index (χ3n) is 8.01. The summed E-state index contributed by atoms with van der Waals surface area (Å²) in [4.78, 5) is 2.53. The summed E-state index contributed by atoms with van der Waals surface area (Å²) in [5.41, 5.74) is 11.1. The molecule has 1 aliphatic carbocycles. The Morgan fingerprint density at radius 1 is 1.14 bits per heavy atom. The monoisotopic (exact) mass is 540 g/mol. The van der Waals surface area contributed by atoms with Gasteiger partial charge in [-0.2, -0.15) is 0 Å². The molecule has 6 rings (SSSR count). The summed E-state index contributed by atoms with van der Waals surface area (Å²) in [6.07, 6.45) is 6.58. The number of hydrogen-bond acceptors (Lipinski definition) is 6. The largest absolute Gasteiger partial charge is 0.409 e. The van der Waals surface area contributed by atoms with Crippen LogP contribution in [-0.4, -0.2) is 34.4 Å². The Kier molecular flexibility index (Phi) is 6.55. The SMILES string of the molecule is Cc1cc(N2[C@@H]3CC[C@H]2CC(OCc2c(-c4c(Cl)cccc4Cl)noc2C2CC2)C3)ccc1C(N)=NO. The second-order valence-electron chi connectivity index (χ2n) is 10.4. The Morgan fingerprint density at radius 2 is 1.84 bits per heavy atom. The van der Waals surface area contributed by atoms with E-state index in [1.807, 2.05) is 31.2 Å². The van der Waals surface area contributed by atoms with Crippen LogP contribution >= 0.6 is 23.2 Å². The van der Waals surface area contributed by atoms with Gasteiger partial charge in [0.1, 0.15) is 11.5 Å². The number of nitrogens with two attached hydrogens (primary N) is 1. The van der Waals surface area contributed by atoms with E-state index in [-0.39, 0.29) is 11.9 Å². The van der Waals surface area contributed by atoms with Crippen molar-refractivity contribution in [2.75, 3.05) is 4.90 Å². The maximum absolute atomic E-state index is 9.05. The van der Waals surface area contributed by atoms with Gasteiger partial charge in [0.15, 0.2) is 5.84 Å². The summed E-state index contributed by atoms with van der Waals surface area (Å²) in [6.45, 7) is 2.43. The molecule has 1 unspecified atom stereocenters. The van der Waals surface area contributed by atoms with E-state index in [0.29, 0.717) is 45.9 Å². The highest BCUT2D eigenvalue weighted by atomic mass is 35.5. The minimum Gasteiger partial charge on any atom is -0.409 e. The Morgan fingerprint density at radius 3 is 2.46 bits per heavy atom. The molecule has 0 amide bonds. The number of piperidine rings is 1. The van der Waals surface area contributed by atoms with E-state index in [2.05, 4.69) is 27.3 Å². The van der Waals surface area contributed by atoms with Gasteiger partial charge in [0, 0.05) is 40.4 Å². The quantitative estimate of drug-likeness (QED) is 0.151. The number of anilines is 1. The van der Waals surface area contributed by atoms with Gasteiger partial charge in [-0.1, -0.05) is 39.6 Å². The van der Waals surface area contributed by atoms with Crippen LogP contribution in [-0.2, 0) is 11.3 Å². The van der Waals surface area contributed by atoms with Crippen molar-refractivity contribution in [3.63, 3.8) is 0 Å². The number of ether oxygens (including phenoxy) is 1. The molecule has 37 heavy (non-hydrogen) atoms. The van der Waals surface area contributed by atoms with Gasteiger partial charge in [-0.05, 0) is 81.3 Å². The first-order chi connectivity index (χ1) is 17.9. The van der Waals surface area contributed by atoms with Gasteiger partial charge < -0.3 is 25.1 Å². The average molecular weight is 541 g/mol. The van der Waals surface area contributed by atoms with E-state index >= 15 is 0 Å². The maximum Gasteiger partial charge on any atom is 0.170 e. The Bertz CT molecular complexity index is 1320. The second-order valence-corrected chi connectivity index (χ2v) is 11.2. The lowest BCUT2D eigenvalue weighted by atomic mass is 9.97.